The maximum Gasteiger partial charge on any atom is 0.213 e. The van der Waals surface area contributed by atoms with Crippen molar-refractivity contribution in [3.63, 3.8) is 0 Å². The summed E-state index contributed by atoms with van der Waals surface area (Å²) in [7, 11) is 0. The molecule has 160 valence electrons. The highest BCUT2D eigenvalue weighted by Gasteiger charge is 2.25. The number of halogens is 1. The zero-order chi connectivity index (χ0) is 21.2. The van der Waals surface area contributed by atoms with Gasteiger partial charge in [0.05, 0.1) is 0 Å². The first kappa shape index (κ1) is 20.5. The molecule has 1 unspecified atom stereocenters. The van der Waals surface area contributed by atoms with E-state index in [1.165, 1.54) is 60.6 Å². The van der Waals surface area contributed by atoms with Crippen LogP contribution in [0.1, 0.15) is 48.8 Å². The van der Waals surface area contributed by atoms with E-state index in [1.807, 2.05) is 12.3 Å². The number of aromatic nitrogens is 2. The summed E-state index contributed by atoms with van der Waals surface area (Å²) in [4.78, 5) is 8.07. The molecule has 1 atom stereocenters. The first-order valence-corrected chi connectivity index (χ1v) is 12.2. The SMILES string of the molecule is Nc1ncc(-c2ccc(C3CCSCC3)c(C3CCCN3)c2)cc1-c1ccnc(F)c1. The van der Waals surface area contributed by atoms with Crippen molar-refractivity contribution in [3.05, 3.63) is 65.9 Å². The van der Waals surface area contributed by atoms with Gasteiger partial charge in [0.2, 0.25) is 5.95 Å². The van der Waals surface area contributed by atoms with Crippen molar-refractivity contribution in [2.45, 2.75) is 37.6 Å². The maximum atomic E-state index is 13.7. The van der Waals surface area contributed by atoms with Crippen LogP contribution in [0, 0.1) is 5.95 Å². The second-order valence-corrected chi connectivity index (χ2v) is 9.63. The van der Waals surface area contributed by atoms with Gasteiger partial charge >= 0.3 is 0 Å². The molecular weight excluding hydrogens is 407 g/mol. The van der Waals surface area contributed by atoms with E-state index >= 15 is 0 Å². The molecule has 0 spiro atoms. The first-order valence-electron chi connectivity index (χ1n) is 11.0. The van der Waals surface area contributed by atoms with Crippen LogP contribution in [0.2, 0.25) is 0 Å². The molecule has 2 aliphatic rings. The summed E-state index contributed by atoms with van der Waals surface area (Å²) >= 11 is 2.07. The Labute approximate surface area is 186 Å². The summed E-state index contributed by atoms with van der Waals surface area (Å²) in [6, 6.07) is 12.5. The van der Waals surface area contributed by atoms with Crippen molar-refractivity contribution in [2.24, 2.45) is 0 Å². The Morgan fingerprint density at radius 1 is 0.935 bits per heavy atom. The van der Waals surface area contributed by atoms with Gasteiger partial charge in [-0.25, -0.2) is 9.97 Å². The molecule has 3 aromatic rings. The van der Waals surface area contributed by atoms with Gasteiger partial charge in [-0.05, 0) is 90.1 Å². The standard InChI is InChI=1S/C25H27FN4S/c26-24-14-18(5-9-29-24)21-13-19(15-30-25(21)27)17-3-4-20(16-6-10-31-11-7-16)22(12-17)23-2-1-8-28-23/h3-5,9,12-16,23,28H,1-2,6-8,10-11H2,(H2,27,30). The number of hydrogen-bond acceptors (Lipinski definition) is 5. The van der Waals surface area contributed by atoms with Gasteiger partial charge in [-0.3, -0.25) is 0 Å². The van der Waals surface area contributed by atoms with E-state index < -0.39 is 5.95 Å². The minimum Gasteiger partial charge on any atom is -0.383 e. The number of nitrogens with zero attached hydrogens (tertiary/aromatic N) is 2. The van der Waals surface area contributed by atoms with Gasteiger partial charge in [0.25, 0.3) is 0 Å². The molecule has 4 heterocycles. The molecule has 2 saturated heterocycles. The zero-order valence-electron chi connectivity index (χ0n) is 17.5. The van der Waals surface area contributed by atoms with Gasteiger partial charge in [-0.2, -0.15) is 16.2 Å². The van der Waals surface area contributed by atoms with E-state index in [9.17, 15) is 4.39 Å². The van der Waals surface area contributed by atoms with Gasteiger partial charge in [0.15, 0.2) is 0 Å². The largest absolute Gasteiger partial charge is 0.383 e. The quantitative estimate of drug-likeness (QED) is 0.526. The van der Waals surface area contributed by atoms with Crippen LogP contribution in [0.3, 0.4) is 0 Å². The van der Waals surface area contributed by atoms with Gasteiger partial charge in [-0.1, -0.05) is 12.1 Å². The maximum absolute atomic E-state index is 13.7. The Morgan fingerprint density at radius 2 is 1.81 bits per heavy atom. The highest BCUT2D eigenvalue weighted by molar-refractivity contribution is 7.99. The lowest BCUT2D eigenvalue weighted by molar-refractivity contribution is 0.584. The van der Waals surface area contributed by atoms with Crippen molar-refractivity contribution in [1.82, 2.24) is 15.3 Å². The zero-order valence-corrected chi connectivity index (χ0v) is 18.3. The smallest absolute Gasteiger partial charge is 0.213 e. The van der Waals surface area contributed by atoms with E-state index in [4.69, 9.17) is 5.73 Å². The van der Waals surface area contributed by atoms with Crippen molar-refractivity contribution in [3.8, 4) is 22.3 Å². The first-order chi connectivity index (χ1) is 15.2. The van der Waals surface area contributed by atoms with Crippen molar-refractivity contribution < 1.29 is 4.39 Å². The third-order valence-electron chi connectivity index (χ3n) is 6.47. The Kier molecular flexibility index (Phi) is 5.92. The Balaban J connectivity index is 1.56. The number of nitrogens with two attached hydrogens (primary N) is 1. The molecule has 0 amide bonds. The molecule has 0 bridgehead atoms. The van der Waals surface area contributed by atoms with Crippen LogP contribution in [-0.2, 0) is 0 Å². The number of nitrogens with one attached hydrogen (secondary N) is 1. The van der Waals surface area contributed by atoms with Crippen LogP contribution < -0.4 is 11.1 Å². The number of rotatable bonds is 4. The van der Waals surface area contributed by atoms with Crippen molar-refractivity contribution in [2.75, 3.05) is 23.8 Å². The van der Waals surface area contributed by atoms with Gasteiger partial charge < -0.3 is 11.1 Å². The van der Waals surface area contributed by atoms with E-state index in [2.05, 4.69) is 45.2 Å². The number of pyridine rings is 2. The molecule has 0 radical (unpaired) electrons. The third kappa shape index (κ3) is 4.32. The summed E-state index contributed by atoms with van der Waals surface area (Å²) in [6.07, 6.45) is 8.18. The van der Waals surface area contributed by atoms with Crippen LogP contribution in [0.5, 0.6) is 0 Å². The molecule has 0 aliphatic carbocycles. The number of anilines is 1. The van der Waals surface area contributed by atoms with E-state index in [1.54, 1.807) is 6.07 Å². The molecule has 6 heteroatoms. The minimum absolute atomic E-state index is 0.392. The number of nitrogen functional groups attached to an aromatic ring is 1. The number of hydrogen-bond donors (Lipinski definition) is 2. The van der Waals surface area contributed by atoms with Crippen molar-refractivity contribution in [1.29, 1.82) is 0 Å². The summed E-state index contributed by atoms with van der Waals surface area (Å²) in [6.45, 7) is 1.08. The molecule has 1 aromatic carbocycles. The second kappa shape index (κ2) is 8.97. The fourth-order valence-electron chi connectivity index (χ4n) is 4.82. The lowest BCUT2D eigenvalue weighted by Gasteiger charge is -2.27. The molecule has 3 N–H and O–H groups in total. The van der Waals surface area contributed by atoms with Gasteiger partial charge in [0.1, 0.15) is 5.82 Å². The summed E-state index contributed by atoms with van der Waals surface area (Å²) in [5.41, 5.74) is 12.6. The molecule has 4 nitrogen and oxygen atoms in total. The third-order valence-corrected chi connectivity index (χ3v) is 7.52. The molecule has 2 fully saturated rings. The number of thioether (sulfide) groups is 1. The molecule has 2 aliphatic heterocycles. The summed E-state index contributed by atoms with van der Waals surface area (Å²) in [5, 5.41) is 3.69. The topological polar surface area (TPSA) is 63.8 Å². The van der Waals surface area contributed by atoms with E-state index in [-0.39, 0.29) is 0 Å². The summed E-state index contributed by atoms with van der Waals surface area (Å²) < 4.78 is 13.7. The van der Waals surface area contributed by atoms with E-state index in [0.717, 1.165) is 23.2 Å². The van der Waals surface area contributed by atoms with Crippen LogP contribution >= 0.6 is 11.8 Å². The highest BCUT2D eigenvalue weighted by atomic mass is 32.2. The molecule has 31 heavy (non-hydrogen) atoms. The Morgan fingerprint density at radius 3 is 2.58 bits per heavy atom. The van der Waals surface area contributed by atoms with Crippen LogP contribution in [-0.4, -0.2) is 28.0 Å². The molecular formula is C25H27FN4S. The average Bonchev–Trinajstić information content (AvgIpc) is 3.35. The lowest BCUT2D eigenvalue weighted by Crippen LogP contribution is -2.18. The van der Waals surface area contributed by atoms with Crippen LogP contribution in [0.4, 0.5) is 10.2 Å². The fourth-order valence-corrected chi connectivity index (χ4v) is 5.93. The minimum atomic E-state index is -0.521. The predicted molar refractivity (Wildman–Crippen MR) is 127 cm³/mol. The molecule has 0 saturated carbocycles. The fraction of sp³-hybridized carbons (Fsp3) is 0.360. The van der Waals surface area contributed by atoms with E-state index in [0.29, 0.717) is 23.3 Å². The Bertz CT molecular complexity index is 1070. The normalized spacial score (nSPS) is 19.6. The van der Waals surface area contributed by atoms with Gasteiger partial charge in [0, 0.05) is 35.6 Å². The van der Waals surface area contributed by atoms with Gasteiger partial charge in [-0.15, -0.1) is 0 Å². The summed E-state index contributed by atoms with van der Waals surface area (Å²) in [5.74, 6) is 3.01. The van der Waals surface area contributed by atoms with Crippen LogP contribution in [0.15, 0.2) is 48.8 Å². The number of benzene rings is 1. The van der Waals surface area contributed by atoms with Crippen LogP contribution in [0.25, 0.3) is 22.3 Å². The Hall–Kier alpha value is -2.44. The molecule has 2 aromatic heterocycles. The second-order valence-electron chi connectivity index (χ2n) is 8.40. The van der Waals surface area contributed by atoms with Crippen molar-refractivity contribution >= 4 is 17.6 Å². The monoisotopic (exact) mass is 434 g/mol. The predicted octanol–water partition coefficient (Wildman–Crippen LogP) is 5.57. The highest BCUT2D eigenvalue weighted by Crippen LogP contribution is 2.39. The molecule has 5 rings (SSSR count). The average molecular weight is 435 g/mol. The lowest BCUT2D eigenvalue weighted by atomic mass is 9.85.